The van der Waals surface area contributed by atoms with Crippen LogP contribution in [-0.4, -0.2) is 59.0 Å². The molecule has 0 aliphatic heterocycles. The fourth-order valence-corrected chi connectivity index (χ4v) is 2.84. The lowest BCUT2D eigenvalue weighted by atomic mass is 10.2. The monoisotopic (exact) mass is 610 g/mol. The van der Waals surface area contributed by atoms with Crippen molar-refractivity contribution >= 4 is 44.7 Å². The summed E-state index contributed by atoms with van der Waals surface area (Å²) < 4.78 is 66.4. The summed E-state index contributed by atoms with van der Waals surface area (Å²) in [6.07, 6.45) is -4.76. The van der Waals surface area contributed by atoms with Crippen molar-refractivity contribution in [1.82, 2.24) is 24.5 Å². The molecule has 4 rings (SSSR count). The third-order valence-electron chi connectivity index (χ3n) is 4.34. The molecule has 17 heteroatoms. The molecule has 38 heavy (non-hydrogen) atoms. The number of carboxylic acids is 2. The minimum Gasteiger partial charge on any atom is -0.475 e. The smallest absolute Gasteiger partial charge is 0.475 e. The van der Waals surface area contributed by atoms with Crippen LogP contribution in [0.2, 0.25) is 0 Å². The number of rotatable bonds is 4. The Morgan fingerprint density at radius 2 is 1.58 bits per heavy atom. The van der Waals surface area contributed by atoms with E-state index in [9.17, 15) is 26.3 Å². The highest BCUT2D eigenvalue weighted by Gasteiger charge is 2.38. The summed E-state index contributed by atoms with van der Waals surface area (Å²) in [5.41, 5.74) is 4.84. The summed E-state index contributed by atoms with van der Waals surface area (Å²) >= 11 is 3.42. The quantitative estimate of drug-likeness (QED) is 0.236. The largest absolute Gasteiger partial charge is 0.490 e. The summed E-state index contributed by atoms with van der Waals surface area (Å²) in [6.45, 7) is 0.735. The van der Waals surface area contributed by atoms with E-state index in [4.69, 9.17) is 19.8 Å². The standard InChI is InChI=1S/C17H15BrN6.2C2HF3O2/c1-24-10-19-8-14(24)9-20-13-4-2-11(3-5-13)16-22-15-6-12(18)7-21-17(15)23-16;2*3-2(4,5)1(6)7/h2-8,10,20H,9H2,1H3,(H,21,22,23);2*(H,6,7). The molecule has 0 fully saturated rings. The molecule has 0 saturated heterocycles. The lowest BCUT2D eigenvalue weighted by molar-refractivity contribution is -0.193. The van der Waals surface area contributed by atoms with E-state index in [-0.39, 0.29) is 0 Å². The van der Waals surface area contributed by atoms with Gasteiger partial charge in [0.05, 0.1) is 24.1 Å². The molecule has 10 nitrogen and oxygen atoms in total. The molecule has 204 valence electrons. The number of aryl methyl sites for hydroxylation is 1. The van der Waals surface area contributed by atoms with Crippen LogP contribution in [0.5, 0.6) is 0 Å². The number of nitrogens with one attached hydrogen (secondary N) is 2. The zero-order chi connectivity index (χ0) is 28.7. The molecule has 0 unspecified atom stereocenters. The molecule has 0 atom stereocenters. The highest BCUT2D eigenvalue weighted by Crippen LogP contribution is 2.23. The van der Waals surface area contributed by atoms with E-state index < -0.39 is 24.3 Å². The average molecular weight is 611 g/mol. The van der Waals surface area contributed by atoms with Crippen LogP contribution in [0, 0.1) is 0 Å². The molecule has 1 aromatic carbocycles. The van der Waals surface area contributed by atoms with Gasteiger partial charge < -0.3 is 25.1 Å². The first-order valence-corrected chi connectivity index (χ1v) is 10.8. The second-order valence-corrected chi connectivity index (χ2v) is 8.06. The predicted octanol–water partition coefficient (Wildman–Crippen LogP) is 5.00. The number of H-pyrrole nitrogens is 1. The Hall–Kier alpha value is -4.15. The van der Waals surface area contributed by atoms with Gasteiger partial charge in [-0.3, -0.25) is 0 Å². The molecular weight excluding hydrogens is 594 g/mol. The van der Waals surface area contributed by atoms with Crippen LogP contribution in [-0.2, 0) is 23.2 Å². The second-order valence-electron chi connectivity index (χ2n) is 7.14. The molecule has 0 saturated carbocycles. The van der Waals surface area contributed by atoms with Crippen molar-refractivity contribution in [2.24, 2.45) is 7.05 Å². The number of hydrogen-bond acceptors (Lipinski definition) is 6. The first-order chi connectivity index (χ1) is 17.6. The van der Waals surface area contributed by atoms with Gasteiger partial charge in [-0.1, -0.05) is 0 Å². The molecule has 4 aromatic rings. The van der Waals surface area contributed by atoms with Crippen molar-refractivity contribution in [3.05, 3.63) is 59.2 Å². The Morgan fingerprint density at radius 1 is 1.03 bits per heavy atom. The fraction of sp³-hybridized carbons (Fsp3) is 0.190. The van der Waals surface area contributed by atoms with Crippen LogP contribution < -0.4 is 5.32 Å². The number of fused-ring (bicyclic) bond motifs is 1. The lowest BCUT2D eigenvalue weighted by Gasteiger charge is -2.07. The first-order valence-electron chi connectivity index (χ1n) is 9.99. The summed E-state index contributed by atoms with van der Waals surface area (Å²) in [6, 6.07) is 10.1. The van der Waals surface area contributed by atoms with Crippen LogP contribution in [0.15, 0.2) is 53.5 Å². The van der Waals surface area contributed by atoms with Crippen LogP contribution in [0.3, 0.4) is 0 Å². The van der Waals surface area contributed by atoms with Gasteiger partial charge in [0, 0.05) is 35.2 Å². The zero-order valence-electron chi connectivity index (χ0n) is 19.0. The summed E-state index contributed by atoms with van der Waals surface area (Å²) in [4.78, 5) is 34.0. The SMILES string of the molecule is Cn1cncc1CNc1ccc(-c2nc3ncc(Br)cc3[nH]2)cc1.O=C(O)C(F)(F)F.O=C(O)C(F)(F)F. The highest BCUT2D eigenvalue weighted by molar-refractivity contribution is 9.10. The van der Waals surface area contributed by atoms with E-state index in [0.29, 0.717) is 5.65 Å². The maximum Gasteiger partial charge on any atom is 0.490 e. The number of hydrogen-bond donors (Lipinski definition) is 4. The molecule has 0 aliphatic rings. The minimum atomic E-state index is -5.08. The molecule has 3 heterocycles. The molecule has 0 spiro atoms. The number of benzene rings is 1. The number of alkyl halides is 6. The Labute approximate surface area is 217 Å². The van der Waals surface area contributed by atoms with Crippen molar-refractivity contribution in [1.29, 1.82) is 0 Å². The van der Waals surface area contributed by atoms with E-state index in [1.54, 1.807) is 12.5 Å². The Morgan fingerprint density at radius 3 is 2.05 bits per heavy atom. The topological polar surface area (TPSA) is 146 Å². The number of carboxylic acid groups (broad SMARTS) is 2. The van der Waals surface area contributed by atoms with E-state index in [2.05, 4.69) is 41.2 Å². The van der Waals surface area contributed by atoms with Gasteiger partial charge in [0.1, 0.15) is 5.82 Å². The van der Waals surface area contributed by atoms with Crippen LogP contribution in [0.25, 0.3) is 22.6 Å². The first kappa shape index (κ1) is 30.1. The van der Waals surface area contributed by atoms with Gasteiger partial charge in [0.2, 0.25) is 0 Å². The van der Waals surface area contributed by atoms with Gasteiger partial charge in [0.15, 0.2) is 5.65 Å². The van der Waals surface area contributed by atoms with Crippen molar-refractivity contribution in [3.63, 3.8) is 0 Å². The fourth-order valence-electron chi connectivity index (χ4n) is 2.50. The van der Waals surface area contributed by atoms with Gasteiger partial charge in [0.25, 0.3) is 0 Å². The summed E-state index contributed by atoms with van der Waals surface area (Å²) in [7, 11) is 1.99. The number of aliphatic carboxylic acids is 2. The number of nitrogens with zero attached hydrogens (tertiary/aromatic N) is 4. The van der Waals surface area contributed by atoms with E-state index in [1.807, 2.05) is 48.1 Å². The van der Waals surface area contributed by atoms with Crippen molar-refractivity contribution in [2.75, 3.05) is 5.32 Å². The maximum atomic E-state index is 10.6. The van der Waals surface area contributed by atoms with E-state index >= 15 is 0 Å². The van der Waals surface area contributed by atoms with Crippen molar-refractivity contribution < 1.29 is 46.1 Å². The number of carbonyl (C=O) groups is 2. The molecule has 0 amide bonds. The Kier molecular flexibility index (Phi) is 9.81. The maximum absolute atomic E-state index is 10.6. The van der Waals surface area contributed by atoms with Crippen molar-refractivity contribution in [3.8, 4) is 11.4 Å². The number of aromatic amines is 1. The summed E-state index contributed by atoms with van der Waals surface area (Å²) in [5, 5.41) is 17.6. The predicted molar refractivity (Wildman–Crippen MR) is 125 cm³/mol. The van der Waals surface area contributed by atoms with Gasteiger partial charge in [-0.25, -0.2) is 24.5 Å². The molecule has 0 bridgehead atoms. The zero-order valence-corrected chi connectivity index (χ0v) is 20.6. The van der Waals surface area contributed by atoms with Crippen LogP contribution in [0.4, 0.5) is 32.0 Å². The van der Waals surface area contributed by atoms with E-state index in [1.165, 1.54) is 0 Å². The number of halogens is 7. The van der Waals surface area contributed by atoms with Gasteiger partial charge in [-0.05, 0) is 46.3 Å². The van der Waals surface area contributed by atoms with Crippen LogP contribution in [0.1, 0.15) is 5.69 Å². The highest BCUT2D eigenvalue weighted by atomic mass is 79.9. The minimum absolute atomic E-state index is 0.714. The van der Waals surface area contributed by atoms with E-state index in [0.717, 1.165) is 39.3 Å². The Bertz CT molecular complexity index is 1360. The molecular formula is C21H17BrF6N6O4. The van der Waals surface area contributed by atoms with Gasteiger partial charge >= 0.3 is 24.3 Å². The lowest BCUT2D eigenvalue weighted by Crippen LogP contribution is -2.21. The molecule has 4 N–H and O–H groups in total. The molecule has 0 aliphatic carbocycles. The van der Waals surface area contributed by atoms with Gasteiger partial charge in [-0.15, -0.1) is 0 Å². The second kappa shape index (κ2) is 12.4. The average Bonchev–Trinajstić information content (AvgIpc) is 3.43. The number of pyridine rings is 1. The number of imidazole rings is 2. The van der Waals surface area contributed by atoms with Gasteiger partial charge in [-0.2, -0.15) is 26.3 Å². The number of anilines is 1. The van der Waals surface area contributed by atoms with Crippen LogP contribution >= 0.6 is 15.9 Å². The normalized spacial score (nSPS) is 11.2. The summed E-state index contributed by atoms with van der Waals surface area (Å²) in [5.74, 6) is -4.70. The third kappa shape index (κ3) is 9.06. The Balaban J connectivity index is 0.000000301. The third-order valence-corrected chi connectivity index (χ3v) is 4.77. The van der Waals surface area contributed by atoms with Crippen molar-refractivity contribution in [2.45, 2.75) is 18.9 Å². The molecule has 3 aromatic heterocycles. The number of aromatic nitrogens is 5. The molecule has 0 radical (unpaired) electrons.